The first-order valence-corrected chi connectivity index (χ1v) is 11.2. The zero-order valence-corrected chi connectivity index (χ0v) is 17.3. The number of piperidine rings is 1. The highest BCUT2D eigenvalue weighted by atomic mass is 79.9. The second kappa shape index (κ2) is 7.70. The summed E-state index contributed by atoms with van der Waals surface area (Å²) in [7, 11) is -4.03. The van der Waals surface area contributed by atoms with Gasteiger partial charge in [0.25, 0.3) is 0 Å². The van der Waals surface area contributed by atoms with Gasteiger partial charge < -0.3 is 9.64 Å². The van der Waals surface area contributed by atoms with Gasteiger partial charge in [0.15, 0.2) is 0 Å². The molecule has 1 fully saturated rings. The SMILES string of the molecule is O=S(=O)(c1cc(Br)c(F)cc1F)N1CCC(N2COCc3ccccc32)CC1. The molecule has 0 N–H and O–H groups in total. The highest BCUT2D eigenvalue weighted by Crippen LogP contribution is 2.32. The molecule has 28 heavy (non-hydrogen) atoms. The summed E-state index contributed by atoms with van der Waals surface area (Å²) >= 11 is 2.93. The van der Waals surface area contributed by atoms with Crippen LogP contribution >= 0.6 is 15.9 Å². The number of fused-ring (bicyclic) bond motifs is 1. The molecule has 0 saturated carbocycles. The highest BCUT2D eigenvalue weighted by molar-refractivity contribution is 9.10. The van der Waals surface area contributed by atoms with Crippen LogP contribution in [0.2, 0.25) is 0 Å². The van der Waals surface area contributed by atoms with Crippen LogP contribution in [0.1, 0.15) is 18.4 Å². The van der Waals surface area contributed by atoms with Gasteiger partial charge in [-0.15, -0.1) is 0 Å². The van der Waals surface area contributed by atoms with Gasteiger partial charge in [-0.3, -0.25) is 0 Å². The third-order valence-corrected chi connectivity index (χ3v) is 7.77. The average molecular weight is 473 g/mol. The standard InChI is InChI=1S/C19H19BrF2N2O3S/c20-15-9-19(17(22)10-16(15)21)28(25,26)23-7-5-14(6-8-23)24-12-27-11-13-3-1-2-4-18(13)24/h1-4,9-10,14H,5-8,11-12H2. The van der Waals surface area contributed by atoms with Gasteiger partial charge in [0.2, 0.25) is 10.0 Å². The maximum Gasteiger partial charge on any atom is 0.246 e. The maximum absolute atomic E-state index is 14.1. The Morgan fingerprint density at radius 3 is 2.54 bits per heavy atom. The van der Waals surface area contributed by atoms with Crippen LogP contribution in [0.3, 0.4) is 0 Å². The summed E-state index contributed by atoms with van der Waals surface area (Å²) in [6, 6.07) is 9.73. The second-order valence-corrected chi connectivity index (χ2v) is 9.67. The minimum atomic E-state index is -4.03. The fraction of sp³-hybridized carbons (Fsp3) is 0.368. The van der Waals surface area contributed by atoms with E-state index in [2.05, 4.69) is 20.8 Å². The number of rotatable bonds is 3. The third-order valence-electron chi connectivity index (χ3n) is 5.25. The van der Waals surface area contributed by atoms with Gasteiger partial charge in [0.1, 0.15) is 23.3 Å². The summed E-state index contributed by atoms with van der Waals surface area (Å²) in [6.45, 7) is 1.56. The van der Waals surface area contributed by atoms with E-state index >= 15 is 0 Å². The highest BCUT2D eigenvalue weighted by Gasteiger charge is 2.35. The fourth-order valence-corrected chi connectivity index (χ4v) is 5.81. The van der Waals surface area contributed by atoms with Crippen molar-refractivity contribution in [2.45, 2.75) is 30.4 Å². The lowest BCUT2D eigenvalue weighted by Crippen LogP contribution is -2.48. The monoisotopic (exact) mass is 472 g/mol. The molecule has 0 bridgehead atoms. The molecule has 2 aromatic carbocycles. The Labute approximate surface area is 171 Å². The molecule has 2 aliphatic rings. The Kier molecular flexibility index (Phi) is 5.43. The van der Waals surface area contributed by atoms with Crippen molar-refractivity contribution >= 4 is 31.6 Å². The number of halogens is 3. The zero-order chi connectivity index (χ0) is 19.9. The van der Waals surface area contributed by atoms with Gasteiger partial charge in [-0.2, -0.15) is 4.31 Å². The summed E-state index contributed by atoms with van der Waals surface area (Å²) in [4.78, 5) is 1.66. The van der Waals surface area contributed by atoms with Crippen molar-refractivity contribution < 1.29 is 21.9 Å². The Morgan fingerprint density at radius 2 is 1.79 bits per heavy atom. The van der Waals surface area contributed by atoms with E-state index in [1.165, 1.54) is 4.31 Å². The van der Waals surface area contributed by atoms with Crippen LogP contribution in [0.25, 0.3) is 0 Å². The molecule has 0 aromatic heterocycles. The number of ether oxygens (including phenoxy) is 1. The summed E-state index contributed by atoms with van der Waals surface area (Å²) in [5, 5.41) is 0. The van der Waals surface area contributed by atoms with Crippen molar-refractivity contribution in [2.75, 3.05) is 24.7 Å². The van der Waals surface area contributed by atoms with E-state index in [1.54, 1.807) is 0 Å². The van der Waals surface area contributed by atoms with Crippen LogP contribution in [0.4, 0.5) is 14.5 Å². The molecule has 0 atom stereocenters. The van der Waals surface area contributed by atoms with Gasteiger partial charge in [0.05, 0.1) is 11.1 Å². The summed E-state index contributed by atoms with van der Waals surface area (Å²) < 4.78 is 60.1. The zero-order valence-electron chi connectivity index (χ0n) is 14.9. The van der Waals surface area contributed by atoms with E-state index < -0.39 is 26.6 Å². The van der Waals surface area contributed by atoms with E-state index in [1.807, 2.05) is 24.3 Å². The van der Waals surface area contributed by atoms with Crippen molar-refractivity contribution in [1.82, 2.24) is 4.31 Å². The Bertz CT molecular complexity index is 995. The lowest BCUT2D eigenvalue weighted by atomic mass is 10.0. The molecule has 5 nitrogen and oxygen atoms in total. The summed E-state index contributed by atoms with van der Waals surface area (Å²) in [5.41, 5.74) is 2.23. The molecular weight excluding hydrogens is 454 g/mol. The molecule has 4 rings (SSSR count). The minimum absolute atomic E-state index is 0.0792. The van der Waals surface area contributed by atoms with E-state index in [0.29, 0.717) is 32.2 Å². The van der Waals surface area contributed by atoms with E-state index in [-0.39, 0.29) is 23.6 Å². The van der Waals surface area contributed by atoms with Crippen molar-refractivity contribution in [1.29, 1.82) is 0 Å². The van der Waals surface area contributed by atoms with E-state index in [4.69, 9.17) is 4.74 Å². The number of hydrogen-bond donors (Lipinski definition) is 0. The molecule has 0 aliphatic carbocycles. The molecule has 2 aromatic rings. The van der Waals surface area contributed by atoms with Crippen LogP contribution in [0.15, 0.2) is 45.8 Å². The van der Waals surface area contributed by atoms with Crippen molar-refractivity contribution in [2.24, 2.45) is 0 Å². The minimum Gasteiger partial charge on any atom is -0.356 e. The van der Waals surface area contributed by atoms with Crippen LogP contribution < -0.4 is 4.90 Å². The predicted octanol–water partition coefficient (Wildman–Crippen LogP) is 3.87. The quantitative estimate of drug-likeness (QED) is 0.636. The molecule has 1 saturated heterocycles. The van der Waals surface area contributed by atoms with E-state index in [0.717, 1.165) is 17.3 Å². The number of benzene rings is 2. The van der Waals surface area contributed by atoms with Gasteiger partial charge in [-0.05, 0) is 40.9 Å². The smallest absolute Gasteiger partial charge is 0.246 e. The van der Waals surface area contributed by atoms with Crippen LogP contribution in [0, 0.1) is 11.6 Å². The molecule has 0 amide bonds. The number of anilines is 1. The first kappa shape index (κ1) is 19.8. The van der Waals surface area contributed by atoms with Gasteiger partial charge in [-0.1, -0.05) is 18.2 Å². The van der Waals surface area contributed by atoms with Crippen LogP contribution in [0.5, 0.6) is 0 Å². The summed E-state index contributed by atoms with van der Waals surface area (Å²) in [6.07, 6.45) is 1.20. The average Bonchev–Trinajstić information content (AvgIpc) is 2.70. The molecule has 2 heterocycles. The Hall–Kier alpha value is -1.55. The molecule has 150 valence electrons. The number of sulfonamides is 1. The van der Waals surface area contributed by atoms with Crippen LogP contribution in [-0.4, -0.2) is 38.6 Å². The number of nitrogens with zero attached hydrogens (tertiary/aromatic N) is 2. The lowest BCUT2D eigenvalue weighted by molar-refractivity contribution is 0.0988. The van der Waals surface area contributed by atoms with Crippen LogP contribution in [-0.2, 0) is 21.4 Å². The summed E-state index contributed by atoms with van der Waals surface area (Å²) in [5.74, 6) is -1.92. The molecule has 2 aliphatic heterocycles. The van der Waals surface area contributed by atoms with E-state index in [9.17, 15) is 17.2 Å². The normalized spacial score (nSPS) is 18.9. The molecule has 0 radical (unpaired) electrons. The van der Waals surface area contributed by atoms with Crippen molar-refractivity contribution in [3.63, 3.8) is 0 Å². The Morgan fingerprint density at radius 1 is 1.07 bits per heavy atom. The molecular formula is C19H19BrF2N2O3S. The predicted molar refractivity (Wildman–Crippen MR) is 104 cm³/mol. The molecule has 9 heteroatoms. The topological polar surface area (TPSA) is 49.9 Å². The fourth-order valence-electron chi connectivity index (χ4n) is 3.77. The lowest BCUT2D eigenvalue weighted by Gasteiger charge is -2.41. The first-order valence-electron chi connectivity index (χ1n) is 8.95. The first-order chi connectivity index (χ1) is 13.4. The maximum atomic E-state index is 14.1. The van der Waals surface area contributed by atoms with Gasteiger partial charge in [-0.25, -0.2) is 17.2 Å². The van der Waals surface area contributed by atoms with Gasteiger partial charge in [0, 0.05) is 36.4 Å². The second-order valence-electron chi connectivity index (χ2n) is 6.91. The molecule has 0 spiro atoms. The number of hydrogen-bond acceptors (Lipinski definition) is 4. The van der Waals surface area contributed by atoms with Crippen molar-refractivity contribution in [3.8, 4) is 0 Å². The van der Waals surface area contributed by atoms with Gasteiger partial charge >= 0.3 is 0 Å². The Balaban J connectivity index is 1.51. The number of para-hydroxylation sites is 1. The van der Waals surface area contributed by atoms with Crippen molar-refractivity contribution in [3.05, 3.63) is 58.1 Å². The third kappa shape index (κ3) is 3.56. The molecule has 0 unspecified atom stereocenters. The largest absolute Gasteiger partial charge is 0.356 e.